The van der Waals surface area contributed by atoms with Crippen molar-refractivity contribution in [1.82, 2.24) is 30.5 Å². The highest BCUT2D eigenvalue weighted by Gasteiger charge is 2.23. The Labute approximate surface area is 157 Å². The van der Waals surface area contributed by atoms with Crippen LogP contribution in [0.3, 0.4) is 0 Å². The molecule has 0 fully saturated rings. The molecule has 0 saturated carbocycles. The molecule has 1 atom stereocenters. The van der Waals surface area contributed by atoms with E-state index in [1.165, 1.54) is 27.2 Å². The van der Waals surface area contributed by atoms with Crippen molar-refractivity contribution >= 4 is 11.8 Å². The van der Waals surface area contributed by atoms with Gasteiger partial charge in [0.25, 0.3) is 0 Å². The Balaban J connectivity index is 1.47. The van der Waals surface area contributed by atoms with Crippen molar-refractivity contribution < 1.29 is 4.79 Å². The van der Waals surface area contributed by atoms with Crippen LogP contribution in [0.2, 0.25) is 0 Å². The first-order chi connectivity index (χ1) is 13.2. The lowest BCUT2D eigenvalue weighted by molar-refractivity contribution is 0.242. The maximum atomic E-state index is 12.8. The van der Waals surface area contributed by atoms with Crippen molar-refractivity contribution in [3.8, 4) is 0 Å². The second kappa shape index (κ2) is 7.53. The number of aromatic nitrogens is 5. The fourth-order valence-electron chi connectivity index (χ4n) is 3.42. The average Bonchev–Trinajstić information content (AvgIpc) is 3.21. The summed E-state index contributed by atoms with van der Waals surface area (Å²) in [6.45, 7) is 0.473. The first-order valence-electron chi connectivity index (χ1n) is 8.98. The third-order valence-corrected chi connectivity index (χ3v) is 4.84. The standard InChI is InChI=1S/C19H21N7O/c1-25(18-11-14(9-10-20-18)12-26-22-13-21-24-26)19(27)23-17-8-4-6-15-5-2-3-7-16(15)17/h2-3,5,7,9-11,13,17H,4,6,8,12H2,1H3,(H,23,27)/t17-/m0/s1. The summed E-state index contributed by atoms with van der Waals surface area (Å²) in [4.78, 5) is 20.1. The van der Waals surface area contributed by atoms with Crippen LogP contribution >= 0.6 is 0 Å². The van der Waals surface area contributed by atoms with Gasteiger partial charge in [-0.1, -0.05) is 24.3 Å². The largest absolute Gasteiger partial charge is 0.331 e. The zero-order chi connectivity index (χ0) is 18.6. The number of rotatable bonds is 4. The summed E-state index contributed by atoms with van der Waals surface area (Å²) >= 11 is 0. The number of tetrazole rings is 1. The second-order valence-corrected chi connectivity index (χ2v) is 6.64. The fraction of sp³-hybridized carbons (Fsp3) is 0.316. The molecule has 4 rings (SSSR count). The molecule has 0 unspecified atom stereocenters. The maximum Gasteiger partial charge on any atom is 0.323 e. The number of fused-ring (bicyclic) bond motifs is 1. The van der Waals surface area contributed by atoms with Crippen molar-refractivity contribution in [3.63, 3.8) is 0 Å². The van der Waals surface area contributed by atoms with E-state index in [0.29, 0.717) is 12.4 Å². The predicted octanol–water partition coefficient (Wildman–Crippen LogP) is 2.34. The molecule has 8 heteroatoms. The van der Waals surface area contributed by atoms with Gasteiger partial charge in [-0.15, -0.1) is 10.2 Å². The summed E-state index contributed by atoms with van der Waals surface area (Å²) in [6.07, 6.45) is 6.16. The molecule has 0 bridgehead atoms. The van der Waals surface area contributed by atoms with E-state index < -0.39 is 0 Å². The van der Waals surface area contributed by atoms with E-state index in [1.54, 1.807) is 13.2 Å². The Hall–Kier alpha value is -3.29. The molecule has 2 heterocycles. The Morgan fingerprint density at radius 3 is 3.07 bits per heavy atom. The molecule has 0 aliphatic heterocycles. The summed E-state index contributed by atoms with van der Waals surface area (Å²) in [6, 6.07) is 11.9. The SMILES string of the molecule is CN(C(=O)N[C@H]1CCCc2ccccc21)c1cc(Cn2ncnn2)ccn1. The molecule has 1 aliphatic rings. The van der Waals surface area contributed by atoms with E-state index in [1.807, 2.05) is 18.2 Å². The van der Waals surface area contributed by atoms with E-state index in [2.05, 4.69) is 43.9 Å². The van der Waals surface area contributed by atoms with E-state index >= 15 is 0 Å². The second-order valence-electron chi connectivity index (χ2n) is 6.64. The molecule has 8 nitrogen and oxygen atoms in total. The first kappa shape index (κ1) is 17.1. The zero-order valence-electron chi connectivity index (χ0n) is 15.1. The Morgan fingerprint density at radius 2 is 2.22 bits per heavy atom. The monoisotopic (exact) mass is 363 g/mol. The summed E-state index contributed by atoms with van der Waals surface area (Å²) in [5.41, 5.74) is 3.47. The number of hydrogen-bond donors (Lipinski definition) is 1. The molecule has 2 amide bonds. The molecule has 27 heavy (non-hydrogen) atoms. The quantitative estimate of drug-likeness (QED) is 0.768. The number of aryl methyl sites for hydroxylation is 1. The number of anilines is 1. The van der Waals surface area contributed by atoms with Gasteiger partial charge in [-0.25, -0.2) is 9.78 Å². The Morgan fingerprint density at radius 1 is 1.33 bits per heavy atom. The molecule has 3 aromatic rings. The number of hydrogen-bond acceptors (Lipinski definition) is 5. The lowest BCUT2D eigenvalue weighted by Gasteiger charge is -2.28. The number of pyridine rings is 1. The molecule has 138 valence electrons. The topological polar surface area (TPSA) is 88.8 Å². The predicted molar refractivity (Wildman–Crippen MR) is 100 cm³/mol. The van der Waals surface area contributed by atoms with Gasteiger partial charge in [0.2, 0.25) is 0 Å². The number of carbonyl (C=O) groups excluding carboxylic acids is 1. The van der Waals surface area contributed by atoms with Gasteiger partial charge in [-0.3, -0.25) is 4.90 Å². The molecule has 0 radical (unpaired) electrons. The third kappa shape index (κ3) is 3.79. The van der Waals surface area contributed by atoms with Crippen LogP contribution in [0, 0.1) is 0 Å². The Kier molecular flexibility index (Phi) is 4.78. The van der Waals surface area contributed by atoms with Crippen LogP contribution in [0.1, 0.15) is 35.6 Å². The van der Waals surface area contributed by atoms with Crippen molar-refractivity contribution in [1.29, 1.82) is 0 Å². The van der Waals surface area contributed by atoms with Crippen LogP contribution in [-0.2, 0) is 13.0 Å². The van der Waals surface area contributed by atoms with E-state index in [9.17, 15) is 4.79 Å². The van der Waals surface area contributed by atoms with E-state index in [-0.39, 0.29) is 12.1 Å². The Bertz CT molecular complexity index is 925. The van der Waals surface area contributed by atoms with Crippen LogP contribution in [0.4, 0.5) is 10.6 Å². The molecule has 0 spiro atoms. The number of benzene rings is 1. The number of carbonyl (C=O) groups is 1. The molecule has 1 aliphatic carbocycles. The highest BCUT2D eigenvalue weighted by Crippen LogP contribution is 2.29. The van der Waals surface area contributed by atoms with Crippen molar-refractivity contribution in [2.45, 2.75) is 31.8 Å². The zero-order valence-corrected chi connectivity index (χ0v) is 15.1. The van der Waals surface area contributed by atoms with Crippen molar-refractivity contribution in [3.05, 3.63) is 65.6 Å². The number of urea groups is 1. The normalized spacial score (nSPS) is 15.8. The lowest BCUT2D eigenvalue weighted by Crippen LogP contribution is -2.40. The molecule has 1 N–H and O–H groups in total. The molecular weight excluding hydrogens is 342 g/mol. The minimum atomic E-state index is -0.166. The number of nitrogens with zero attached hydrogens (tertiary/aromatic N) is 6. The minimum Gasteiger partial charge on any atom is -0.331 e. The minimum absolute atomic E-state index is 0.0347. The van der Waals surface area contributed by atoms with Gasteiger partial charge in [-0.05, 0) is 53.3 Å². The van der Waals surface area contributed by atoms with Crippen molar-refractivity contribution in [2.75, 3.05) is 11.9 Å². The number of nitrogens with one attached hydrogen (secondary N) is 1. The highest BCUT2D eigenvalue weighted by molar-refractivity contribution is 5.90. The molecule has 2 aromatic heterocycles. The summed E-state index contributed by atoms with van der Waals surface area (Å²) in [5, 5.41) is 14.7. The van der Waals surface area contributed by atoms with Gasteiger partial charge < -0.3 is 5.32 Å². The molecule has 0 saturated heterocycles. The van der Waals surface area contributed by atoms with Gasteiger partial charge in [0.1, 0.15) is 5.82 Å². The van der Waals surface area contributed by atoms with Crippen LogP contribution in [0.25, 0.3) is 0 Å². The average molecular weight is 363 g/mol. The first-order valence-corrected chi connectivity index (χ1v) is 8.98. The van der Waals surface area contributed by atoms with Gasteiger partial charge in [-0.2, -0.15) is 4.80 Å². The lowest BCUT2D eigenvalue weighted by atomic mass is 9.88. The fourth-order valence-corrected chi connectivity index (χ4v) is 3.42. The summed E-state index contributed by atoms with van der Waals surface area (Å²) in [5.74, 6) is 0.578. The van der Waals surface area contributed by atoms with E-state index in [4.69, 9.17) is 0 Å². The van der Waals surface area contributed by atoms with Crippen LogP contribution in [-0.4, -0.2) is 38.3 Å². The highest BCUT2D eigenvalue weighted by atomic mass is 16.2. The van der Waals surface area contributed by atoms with Crippen molar-refractivity contribution in [2.24, 2.45) is 0 Å². The number of amides is 2. The maximum absolute atomic E-state index is 12.8. The van der Waals surface area contributed by atoms with Gasteiger partial charge in [0.15, 0.2) is 6.33 Å². The molecular formula is C19H21N7O. The van der Waals surface area contributed by atoms with Crippen LogP contribution < -0.4 is 10.2 Å². The summed E-state index contributed by atoms with van der Waals surface area (Å²) < 4.78 is 0. The summed E-state index contributed by atoms with van der Waals surface area (Å²) in [7, 11) is 1.73. The van der Waals surface area contributed by atoms with E-state index in [0.717, 1.165) is 24.8 Å². The van der Waals surface area contributed by atoms with Gasteiger partial charge in [0, 0.05) is 13.2 Å². The third-order valence-electron chi connectivity index (χ3n) is 4.84. The smallest absolute Gasteiger partial charge is 0.323 e. The molecule has 1 aromatic carbocycles. The van der Waals surface area contributed by atoms with Gasteiger partial charge >= 0.3 is 6.03 Å². The van der Waals surface area contributed by atoms with Crippen LogP contribution in [0.5, 0.6) is 0 Å². The van der Waals surface area contributed by atoms with Gasteiger partial charge in [0.05, 0.1) is 12.6 Å². The van der Waals surface area contributed by atoms with Crippen LogP contribution in [0.15, 0.2) is 48.9 Å².